The molecule has 19 heavy (non-hydrogen) atoms. The molecular weight excluding hydrogens is 326 g/mol. The lowest BCUT2D eigenvalue weighted by molar-refractivity contribution is 0.473. The van der Waals surface area contributed by atoms with E-state index in [0.717, 1.165) is 15.8 Å². The molecule has 0 N–H and O–H groups in total. The van der Waals surface area contributed by atoms with Crippen LogP contribution in [-0.4, -0.2) is 4.98 Å². The van der Waals surface area contributed by atoms with Crippen LogP contribution in [0.3, 0.4) is 0 Å². The number of hydrogen-bond donors (Lipinski definition) is 0. The molecule has 3 aromatic rings. The smallest absolute Gasteiger partial charge is 0.343 e. The van der Waals surface area contributed by atoms with Crippen LogP contribution in [0.2, 0.25) is 0 Å². The Morgan fingerprint density at radius 3 is 2.68 bits per heavy atom. The molecule has 5 heteroatoms. The van der Waals surface area contributed by atoms with Crippen molar-refractivity contribution < 1.29 is 4.42 Å². The molecule has 1 unspecified atom stereocenters. The summed E-state index contributed by atoms with van der Waals surface area (Å²) in [4.78, 5) is 17.1. The summed E-state index contributed by atoms with van der Waals surface area (Å²) in [6, 6.07) is 7.50. The largest absolute Gasteiger partial charge is 0.426 e. The van der Waals surface area contributed by atoms with Gasteiger partial charge in [0.1, 0.15) is 5.76 Å². The van der Waals surface area contributed by atoms with Gasteiger partial charge in [0, 0.05) is 17.1 Å². The third kappa shape index (κ3) is 2.13. The van der Waals surface area contributed by atoms with Gasteiger partial charge in [0.2, 0.25) is 0 Å². The van der Waals surface area contributed by atoms with E-state index in [1.165, 1.54) is 11.3 Å². The molecule has 0 bridgehead atoms. The first-order valence-electron chi connectivity index (χ1n) is 5.77. The van der Waals surface area contributed by atoms with Crippen molar-refractivity contribution in [2.24, 2.45) is 0 Å². The molecule has 0 fully saturated rings. The van der Waals surface area contributed by atoms with E-state index in [4.69, 9.17) is 4.42 Å². The molecule has 0 saturated carbocycles. The summed E-state index contributed by atoms with van der Waals surface area (Å²) >= 11 is 5.02. The first-order valence-corrected chi connectivity index (χ1v) is 7.56. The first-order chi connectivity index (χ1) is 9.18. The topological polar surface area (TPSA) is 43.1 Å². The molecule has 3 rings (SSSR count). The van der Waals surface area contributed by atoms with Crippen molar-refractivity contribution in [3.05, 3.63) is 52.2 Å². The number of hydrogen-bond acceptors (Lipinski definition) is 4. The molecule has 2 heterocycles. The van der Waals surface area contributed by atoms with Crippen LogP contribution in [0.25, 0.3) is 21.2 Å². The SMILES string of the molecule is CC(Br)c1oc(=O)c2ccccc2c1-c1cncs1. The zero-order chi connectivity index (χ0) is 13.4. The standard InChI is InChI=1S/C14H10BrNO2S/c1-8(15)13-12(11-6-16-7-19-11)9-4-2-3-5-10(9)14(17)18-13/h2-8H,1H3. The minimum Gasteiger partial charge on any atom is -0.426 e. The minimum absolute atomic E-state index is 0.0399. The molecule has 0 amide bonds. The van der Waals surface area contributed by atoms with E-state index in [2.05, 4.69) is 20.9 Å². The number of alkyl halides is 1. The van der Waals surface area contributed by atoms with Crippen LogP contribution >= 0.6 is 27.3 Å². The molecule has 0 aliphatic heterocycles. The van der Waals surface area contributed by atoms with Crippen LogP contribution in [0.1, 0.15) is 17.5 Å². The van der Waals surface area contributed by atoms with Crippen LogP contribution in [0, 0.1) is 0 Å². The predicted octanol–water partition coefficient (Wildman–Crippen LogP) is 4.37. The number of rotatable bonds is 2. The Hall–Kier alpha value is -1.46. The van der Waals surface area contributed by atoms with Crippen LogP contribution in [0.4, 0.5) is 0 Å². The van der Waals surface area contributed by atoms with Crippen molar-refractivity contribution in [2.45, 2.75) is 11.8 Å². The summed E-state index contributed by atoms with van der Waals surface area (Å²) in [5.74, 6) is 0.646. The molecule has 0 aliphatic carbocycles. The zero-order valence-corrected chi connectivity index (χ0v) is 12.5. The summed E-state index contributed by atoms with van der Waals surface area (Å²) in [6.45, 7) is 1.94. The third-order valence-electron chi connectivity index (χ3n) is 2.91. The van der Waals surface area contributed by atoms with Crippen molar-refractivity contribution in [3.63, 3.8) is 0 Å². The van der Waals surface area contributed by atoms with Gasteiger partial charge in [0.25, 0.3) is 0 Å². The van der Waals surface area contributed by atoms with Crippen molar-refractivity contribution in [1.29, 1.82) is 0 Å². The number of fused-ring (bicyclic) bond motifs is 1. The Balaban J connectivity index is 2.48. The monoisotopic (exact) mass is 335 g/mol. The van der Waals surface area contributed by atoms with Gasteiger partial charge in [-0.3, -0.25) is 4.98 Å². The van der Waals surface area contributed by atoms with E-state index in [0.29, 0.717) is 11.1 Å². The van der Waals surface area contributed by atoms with E-state index in [1.807, 2.05) is 25.1 Å². The molecule has 1 atom stereocenters. The van der Waals surface area contributed by atoms with Gasteiger partial charge in [-0.05, 0) is 13.0 Å². The highest BCUT2D eigenvalue weighted by atomic mass is 79.9. The number of nitrogens with zero attached hydrogens (tertiary/aromatic N) is 1. The van der Waals surface area contributed by atoms with Gasteiger partial charge < -0.3 is 4.42 Å². The second-order valence-electron chi connectivity index (χ2n) is 4.16. The highest BCUT2D eigenvalue weighted by molar-refractivity contribution is 9.09. The molecule has 0 radical (unpaired) electrons. The van der Waals surface area contributed by atoms with E-state index in [1.54, 1.807) is 17.8 Å². The second-order valence-corrected chi connectivity index (χ2v) is 6.42. The lowest BCUT2D eigenvalue weighted by atomic mass is 10.0. The van der Waals surface area contributed by atoms with E-state index in [-0.39, 0.29) is 10.5 Å². The van der Waals surface area contributed by atoms with Gasteiger partial charge in [-0.2, -0.15) is 0 Å². The summed E-state index contributed by atoms with van der Waals surface area (Å²) in [5, 5.41) is 1.51. The summed E-state index contributed by atoms with van der Waals surface area (Å²) in [7, 11) is 0. The Kier molecular flexibility index (Phi) is 3.24. The lowest BCUT2D eigenvalue weighted by Gasteiger charge is -2.11. The van der Waals surface area contributed by atoms with Gasteiger partial charge in [-0.25, -0.2) is 4.79 Å². The molecule has 0 spiro atoms. The Morgan fingerprint density at radius 2 is 2.05 bits per heavy atom. The van der Waals surface area contributed by atoms with E-state index < -0.39 is 0 Å². The average molecular weight is 336 g/mol. The maximum Gasteiger partial charge on any atom is 0.343 e. The van der Waals surface area contributed by atoms with Crippen LogP contribution in [-0.2, 0) is 0 Å². The molecule has 2 aromatic heterocycles. The molecule has 3 nitrogen and oxygen atoms in total. The Labute approximate surface area is 122 Å². The fourth-order valence-electron chi connectivity index (χ4n) is 2.09. The van der Waals surface area contributed by atoms with Gasteiger partial charge in [0.05, 0.1) is 20.6 Å². The van der Waals surface area contributed by atoms with Crippen LogP contribution in [0.15, 0.2) is 45.2 Å². The maximum absolute atomic E-state index is 12.0. The molecule has 96 valence electrons. The highest BCUT2D eigenvalue weighted by Gasteiger charge is 2.19. The van der Waals surface area contributed by atoms with Gasteiger partial charge in [-0.1, -0.05) is 34.1 Å². The van der Waals surface area contributed by atoms with Crippen molar-refractivity contribution in [1.82, 2.24) is 4.98 Å². The fraction of sp³-hybridized carbons (Fsp3) is 0.143. The van der Waals surface area contributed by atoms with Gasteiger partial charge in [0.15, 0.2) is 0 Å². The van der Waals surface area contributed by atoms with Gasteiger partial charge in [-0.15, -0.1) is 11.3 Å². The number of aromatic nitrogens is 1. The summed E-state index contributed by atoms with van der Waals surface area (Å²) in [5.41, 5.74) is 2.42. The number of benzene rings is 1. The van der Waals surface area contributed by atoms with Crippen molar-refractivity contribution >= 4 is 38.0 Å². The lowest BCUT2D eigenvalue weighted by Crippen LogP contribution is -2.04. The molecule has 1 aromatic carbocycles. The molecule has 0 saturated heterocycles. The van der Waals surface area contributed by atoms with Crippen molar-refractivity contribution in [3.8, 4) is 10.4 Å². The zero-order valence-electron chi connectivity index (χ0n) is 10.1. The normalized spacial score (nSPS) is 12.7. The minimum atomic E-state index is -0.301. The second kappa shape index (κ2) is 4.90. The predicted molar refractivity (Wildman–Crippen MR) is 80.9 cm³/mol. The maximum atomic E-state index is 12.0. The highest BCUT2D eigenvalue weighted by Crippen LogP contribution is 2.37. The molecular formula is C14H10BrNO2S. The Bertz CT molecular complexity index is 778. The van der Waals surface area contributed by atoms with E-state index >= 15 is 0 Å². The fourth-order valence-corrected chi connectivity index (χ4v) is 3.10. The summed E-state index contributed by atoms with van der Waals surface area (Å²) < 4.78 is 5.48. The quantitative estimate of drug-likeness (QED) is 0.653. The van der Waals surface area contributed by atoms with Crippen molar-refractivity contribution in [2.75, 3.05) is 0 Å². The van der Waals surface area contributed by atoms with Crippen LogP contribution < -0.4 is 5.63 Å². The average Bonchev–Trinajstić information content (AvgIpc) is 2.92. The van der Waals surface area contributed by atoms with Gasteiger partial charge >= 0.3 is 5.63 Å². The number of thiazole rings is 1. The van der Waals surface area contributed by atoms with Crippen LogP contribution in [0.5, 0.6) is 0 Å². The first kappa shape index (κ1) is 12.6. The Morgan fingerprint density at radius 1 is 1.32 bits per heavy atom. The van der Waals surface area contributed by atoms with E-state index in [9.17, 15) is 4.79 Å². The third-order valence-corrected chi connectivity index (χ3v) is 4.11. The summed E-state index contributed by atoms with van der Waals surface area (Å²) in [6.07, 6.45) is 1.80. The number of halogens is 1. The molecule has 0 aliphatic rings.